The Morgan fingerprint density at radius 3 is 2.57 bits per heavy atom. The van der Waals surface area contributed by atoms with Crippen LogP contribution in [0.25, 0.3) is 0 Å². The molecule has 0 unspecified atom stereocenters. The molecule has 0 aliphatic carbocycles. The lowest BCUT2D eigenvalue weighted by Crippen LogP contribution is -2.38. The van der Waals surface area contributed by atoms with E-state index in [4.69, 9.17) is 0 Å². The first-order valence-electron chi connectivity index (χ1n) is 9.74. The predicted octanol–water partition coefficient (Wildman–Crippen LogP) is 3.75. The van der Waals surface area contributed by atoms with Crippen molar-refractivity contribution in [1.82, 2.24) is 15.2 Å². The number of nitrogens with one attached hydrogen (secondary N) is 1. The van der Waals surface area contributed by atoms with E-state index in [0.29, 0.717) is 18.9 Å². The van der Waals surface area contributed by atoms with E-state index in [1.165, 1.54) is 0 Å². The van der Waals surface area contributed by atoms with Gasteiger partial charge in [-0.15, -0.1) is 11.8 Å². The van der Waals surface area contributed by atoms with Crippen LogP contribution >= 0.6 is 11.8 Å². The number of amides is 2. The van der Waals surface area contributed by atoms with E-state index in [9.17, 15) is 9.59 Å². The number of carbonyl (C=O) groups excluding carboxylic acids is 2. The fraction of sp³-hybridized carbons (Fsp3) is 0.409. The molecule has 2 amide bonds. The van der Waals surface area contributed by atoms with Crippen molar-refractivity contribution in [2.45, 2.75) is 37.1 Å². The molecule has 2 aromatic rings. The average molecular weight is 398 g/mol. The SMILES string of the molecule is CSc1ccc(C(=O)N2CCC(CCC(=O)NCc3cccnc3)CC2)cc1. The van der Waals surface area contributed by atoms with Gasteiger partial charge in [0, 0.05) is 48.9 Å². The molecule has 0 saturated carbocycles. The molecule has 1 aromatic carbocycles. The first-order valence-corrected chi connectivity index (χ1v) is 11.0. The lowest BCUT2D eigenvalue weighted by atomic mass is 9.91. The van der Waals surface area contributed by atoms with Crippen LogP contribution in [-0.2, 0) is 11.3 Å². The average Bonchev–Trinajstić information content (AvgIpc) is 2.77. The van der Waals surface area contributed by atoms with E-state index >= 15 is 0 Å². The number of hydrogen-bond acceptors (Lipinski definition) is 4. The zero-order chi connectivity index (χ0) is 19.8. The third-order valence-electron chi connectivity index (χ3n) is 5.23. The molecule has 1 N–H and O–H groups in total. The predicted molar refractivity (Wildman–Crippen MR) is 112 cm³/mol. The molecule has 1 aromatic heterocycles. The molecular weight excluding hydrogens is 370 g/mol. The van der Waals surface area contributed by atoms with Gasteiger partial charge < -0.3 is 10.2 Å². The van der Waals surface area contributed by atoms with Crippen LogP contribution in [0.4, 0.5) is 0 Å². The highest BCUT2D eigenvalue weighted by Crippen LogP contribution is 2.24. The molecule has 0 atom stereocenters. The summed E-state index contributed by atoms with van der Waals surface area (Å²) in [4.78, 5) is 31.9. The molecule has 6 heteroatoms. The summed E-state index contributed by atoms with van der Waals surface area (Å²) in [6.07, 6.45) is 8.86. The maximum absolute atomic E-state index is 12.6. The van der Waals surface area contributed by atoms with Crippen LogP contribution in [0.2, 0.25) is 0 Å². The molecule has 28 heavy (non-hydrogen) atoms. The van der Waals surface area contributed by atoms with Gasteiger partial charge in [0.25, 0.3) is 5.91 Å². The fourth-order valence-corrected chi connectivity index (χ4v) is 3.88. The summed E-state index contributed by atoms with van der Waals surface area (Å²) in [5.41, 5.74) is 1.76. The van der Waals surface area contributed by atoms with Crippen LogP contribution in [0.1, 0.15) is 41.6 Å². The highest BCUT2D eigenvalue weighted by atomic mass is 32.2. The van der Waals surface area contributed by atoms with Gasteiger partial charge in [-0.05, 0) is 67.3 Å². The van der Waals surface area contributed by atoms with Crippen molar-refractivity contribution in [2.24, 2.45) is 5.92 Å². The summed E-state index contributed by atoms with van der Waals surface area (Å²) >= 11 is 1.67. The minimum Gasteiger partial charge on any atom is -0.352 e. The maximum Gasteiger partial charge on any atom is 0.253 e. The molecule has 0 spiro atoms. The molecule has 1 fully saturated rings. The zero-order valence-corrected chi connectivity index (χ0v) is 17.1. The van der Waals surface area contributed by atoms with E-state index in [-0.39, 0.29) is 11.8 Å². The summed E-state index contributed by atoms with van der Waals surface area (Å²) in [6, 6.07) is 11.6. The number of hydrogen-bond donors (Lipinski definition) is 1. The number of benzene rings is 1. The van der Waals surface area contributed by atoms with Gasteiger partial charge in [-0.25, -0.2) is 0 Å². The maximum atomic E-state index is 12.6. The second-order valence-electron chi connectivity index (χ2n) is 7.14. The van der Waals surface area contributed by atoms with Crippen LogP contribution in [-0.4, -0.2) is 41.0 Å². The molecule has 0 bridgehead atoms. The van der Waals surface area contributed by atoms with Crippen molar-refractivity contribution in [2.75, 3.05) is 19.3 Å². The van der Waals surface area contributed by atoms with Crippen molar-refractivity contribution in [3.8, 4) is 0 Å². The first kappa shape index (κ1) is 20.4. The second kappa shape index (κ2) is 10.3. The van der Waals surface area contributed by atoms with E-state index < -0.39 is 0 Å². The number of likely N-dealkylation sites (tertiary alicyclic amines) is 1. The van der Waals surface area contributed by atoms with Crippen molar-refractivity contribution in [3.05, 3.63) is 59.9 Å². The van der Waals surface area contributed by atoms with Crippen LogP contribution < -0.4 is 5.32 Å². The highest BCUT2D eigenvalue weighted by Gasteiger charge is 2.24. The lowest BCUT2D eigenvalue weighted by molar-refractivity contribution is -0.121. The van der Waals surface area contributed by atoms with Crippen molar-refractivity contribution < 1.29 is 9.59 Å². The number of thioether (sulfide) groups is 1. The molecular formula is C22H27N3O2S. The van der Waals surface area contributed by atoms with Crippen molar-refractivity contribution >= 4 is 23.6 Å². The summed E-state index contributed by atoms with van der Waals surface area (Å²) in [5, 5.41) is 2.95. The van der Waals surface area contributed by atoms with Crippen LogP contribution in [0.15, 0.2) is 53.7 Å². The van der Waals surface area contributed by atoms with Gasteiger partial charge in [0.05, 0.1) is 0 Å². The lowest BCUT2D eigenvalue weighted by Gasteiger charge is -2.32. The Kier molecular flexibility index (Phi) is 7.48. The summed E-state index contributed by atoms with van der Waals surface area (Å²) < 4.78 is 0. The van der Waals surface area contributed by atoms with E-state index in [1.54, 1.807) is 24.2 Å². The second-order valence-corrected chi connectivity index (χ2v) is 8.02. The Morgan fingerprint density at radius 1 is 1.18 bits per heavy atom. The Labute approximate surface area is 170 Å². The number of pyridine rings is 1. The standard InChI is InChI=1S/C22H27N3O2S/c1-28-20-7-5-19(6-8-20)22(27)25-13-10-17(11-14-25)4-9-21(26)24-16-18-3-2-12-23-15-18/h2-3,5-8,12,15,17H,4,9-11,13-14,16H2,1H3,(H,24,26). The monoisotopic (exact) mass is 397 g/mol. The Morgan fingerprint density at radius 2 is 1.93 bits per heavy atom. The van der Waals surface area contributed by atoms with E-state index in [1.807, 2.05) is 47.6 Å². The molecule has 2 heterocycles. The molecule has 5 nitrogen and oxygen atoms in total. The molecule has 1 aliphatic heterocycles. The third kappa shape index (κ3) is 5.83. The van der Waals surface area contributed by atoms with Gasteiger partial charge in [0.1, 0.15) is 0 Å². The van der Waals surface area contributed by atoms with Gasteiger partial charge in [-0.3, -0.25) is 14.6 Å². The van der Waals surface area contributed by atoms with Gasteiger partial charge in [-0.2, -0.15) is 0 Å². The summed E-state index contributed by atoms with van der Waals surface area (Å²) in [6.45, 7) is 2.06. The van der Waals surface area contributed by atoms with Crippen molar-refractivity contribution in [3.63, 3.8) is 0 Å². The zero-order valence-electron chi connectivity index (χ0n) is 16.3. The van der Waals surface area contributed by atoms with Gasteiger partial charge >= 0.3 is 0 Å². The number of piperidine rings is 1. The van der Waals surface area contributed by atoms with Crippen LogP contribution in [0, 0.1) is 5.92 Å². The quantitative estimate of drug-likeness (QED) is 0.723. The minimum atomic E-state index is 0.0799. The molecule has 148 valence electrons. The Balaban J connectivity index is 1.37. The molecule has 1 saturated heterocycles. The van der Waals surface area contributed by atoms with Gasteiger partial charge in [0.2, 0.25) is 5.91 Å². The molecule has 0 radical (unpaired) electrons. The van der Waals surface area contributed by atoms with Gasteiger partial charge in [0.15, 0.2) is 0 Å². The topological polar surface area (TPSA) is 62.3 Å². The Bertz CT molecular complexity index is 772. The molecule has 1 aliphatic rings. The third-order valence-corrected chi connectivity index (χ3v) is 5.97. The Hall–Kier alpha value is -2.34. The number of nitrogens with zero attached hydrogens (tertiary/aromatic N) is 2. The summed E-state index contributed by atoms with van der Waals surface area (Å²) in [5.74, 6) is 0.698. The van der Waals surface area contributed by atoms with Gasteiger partial charge in [-0.1, -0.05) is 6.07 Å². The van der Waals surface area contributed by atoms with Crippen LogP contribution in [0.3, 0.4) is 0 Å². The largest absolute Gasteiger partial charge is 0.352 e. The van der Waals surface area contributed by atoms with E-state index in [2.05, 4.69) is 10.3 Å². The van der Waals surface area contributed by atoms with Crippen LogP contribution in [0.5, 0.6) is 0 Å². The first-order chi connectivity index (χ1) is 13.7. The fourth-order valence-electron chi connectivity index (χ4n) is 3.47. The number of rotatable bonds is 7. The van der Waals surface area contributed by atoms with E-state index in [0.717, 1.165) is 48.4 Å². The number of aromatic nitrogens is 1. The highest BCUT2D eigenvalue weighted by molar-refractivity contribution is 7.98. The van der Waals surface area contributed by atoms with Crippen molar-refractivity contribution in [1.29, 1.82) is 0 Å². The summed E-state index contributed by atoms with van der Waals surface area (Å²) in [7, 11) is 0. The molecule has 3 rings (SSSR count). The number of carbonyl (C=O) groups is 2. The smallest absolute Gasteiger partial charge is 0.253 e. The minimum absolute atomic E-state index is 0.0799. The normalized spacial score (nSPS) is 14.7.